The molecule has 1 aromatic rings. The minimum absolute atomic E-state index is 0.131. The van der Waals surface area contributed by atoms with Crippen LogP contribution in [-0.4, -0.2) is 18.5 Å². The van der Waals surface area contributed by atoms with Gasteiger partial charge in [0.25, 0.3) is 0 Å². The lowest BCUT2D eigenvalue weighted by Crippen LogP contribution is -2.27. The van der Waals surface area contributed by atoms with Crippen LogP contribution >= 0.6 is 0 Å². The molecular formula is C12H13F3N2O. The molecule has 0 spiro atoms. The summed E-state index contributed by atoms with van der Waals surface area (Å²) in [6, 6.07) is 1.49. The van der Waals surface area contributed by atoms with Crippen molar-refractivity contribution in [2.75, 3.05) is 11.9 Å². The van der Waals surface area contributed by atoms with Gasteiger partial charge in [-0.25, -0.2) is 13.2 Å². The fourth-order valence-corrected chi connectivity index (χ4v) is 1.50. The van der Waals surface area contributed by atoms with Gasteiger partial charge in [0.15, 0.2) is 11.6 Å². The van der Waals surface area contributed by atoms with Crippen molar-refractivity contribution in [2.45, 2.75) is 25.3 Å². The minimum Gasteiger partial charge on any atom is -0.382 e. The molecule has 0 bridgehead atoms. The van der Waals surface area contributed by atoms with E-state index in [0.29, 0.717) is 6.07 Å². The molecule has 6 heteroatoms. The molecule has 0 atom stereocenters. The van der Waals surface area contributed by atoms with E-state index in [2.05, 4.69) is 10.6 Å². The van der Waals surface area contributed by atoms with E-state index in [9.17, 15) is 18.0 Å². The summed E-state index contributed by atoms with van der Waals surface area (Å²) in [5.41, 5.74) is -0.145. The summed E-state index contributed by atoms with van der Waals surface area (Å²) in [7, 11) is 0. The van der Waals surface area contributed by atoms with Gasteiger partial charge in [0.2, 0.25) is 5.91 Å². The van der Waals surface area contributed by atoms with Crippen molar-refractivity contribution in [1.29, 1.82) is 0 Å². The first-order chi connectivity index (χ1) is 8.56. The summed E-state index contributed by atoms with van der Waals surface area (Å²) >= 11 is 0. The van der Waals surface area contributed by atoms with E-state index in [1.165, 1.54) is 0 Å². The molecule has 1 amide bonds. The van der Waals surface area contributed by atoms with E-state index >= 15 is 0 Å². The number of hydrogen-bond donors (Lipinski definition) is 2. The van der Waals surface area contributed by atoms with E-state index in [1.54, 1.807) is 0 Å². The zero-order valence-electron chi connectivity index (χ0n) is 9.60. The Balaban J connectivity index is 1.82. The topological polar surface area (TPSA) is 41.1 Å². The van der Waals surface area contributed by atoms with Crippen LogP contribution in [0.5, 0.6) is 0 Å². The van der Waals surface area contributed by atoms with Crippen molar-refractivity contribution < 1.29 is 18.0 Å². The highest BCUT2D eigenvalue weighted by atomic mass is 19.2. The van der Waals surface area contributed by atoms with E-state index < -0.39 is 17.5 Å². The lowest BCUT2D eigenvalue weighted by molar-refractivity contribution is -0.120. The number of anilines is 1. The minimum atomic E-state index is -1.23. The molecule has 2 N–H and O–H groups in total. The van der Waals surface area contributed by atoms with Crippen LogP contribution in [0.4, 0.5) is 18.9 Å². The predicted molar refractivity (Wildman–Crippen MR) is 60.6 cm³/mol. The van der Waals surface area contributed by atoms with Crippen molar-refractivity contribution >= 4 is 11.6 Å². The molecule has 0 saturated heterocycles. The molecule has 3 nitrogen and oxygen atoms in total. The Hall–Kier alpha value is -1.72. The van der Waals surface area contributed by atoms with Crippen LogP contribution in [-0.2, 0) is 4.79 Å². The van der Waals surface area contributed by atoms with E-state index in [0.717, 1.165) is 18.9 Å². The van der Waals surface area contributed by atoms with Crippen LogP contribution in [0.25, 0.3) is 0 Å². The first-order valence-corrected chi connectivity index (χ1v) is 5.74. The van der Waals surface area contributed by atoms with E-state index in [4.69, 9.17) is 0 Å². The highest BCUT2D eigenvalue weighted by molar-refractivity contribution is 5.77. The summed E-state index contributed by atoms with van der Waals surface area (Å²) in [4.78, 5) is 11.3. The first-order valence-electron chi connectivity index (χ1n) is 5.74. The quantitative estimate of drug-likeness (QED) is 0.795. The van der Waals surface area contributed by atoms with Crippen molar-refractivity contribution in [3.63, 3.8) is 0 Å². The lowest BCUT2D eigenvalue weighted by Gasteiger charge is -2.08. The zero-order valence-corrected chi connectivity index (χ0v) is 9.60. The summed E-state index contributed by atoms with van der Waals surface area (Å²) in [6.07, 6.45) is 2.16. The highest BCUT2D eigenvalue weighted by Gasteiger charge is 2.22. The Kier molecular flexibility index (Phi) is 3.74. The maximum Gasteiger partial charge on any atom is 0.221 e. The fourth-order valence-electron chi connectivity index (χ4n) is 1.50. The van der Waals surface area contributed by atoms with Crippen molar-refractivity contribution in [1.82, 2.24) is 5.32 Å². The molecule has 0 unspecified atom stereocenters. The second-order valence-corrected chi connectivity index (χ2v) is 4.26. The average Bonchev–Trinajstić information content (AvgIpc) is 3.09. The Labute approximate surface area is 102 Å². The second kappa shape index (κ2) is 5.29. The molecule has 18 heavy (non-hydrogen) atoms. The van der Waals surface area contributed by atoms with Gasteiger partial charge >= 0.3 is 0 Å². The SMILES string of the molecule is O=C(CCNc1cc(F)c(F)cc1F)NC1CC1. The van der Waals surface area contributed by atoms with Crippen LogP contribution in [0.1, 0.15) is 19.3 Å². The smallest absolute Gasteiger partial charge is 0.221 e. The molecule has 98 valence electrons. The number of halogens is 3. The standard InChI is InChI=1S/C12H13F3N2O/c13-8-5-10(15)11(6-9(8)14)16-4-3-12(18)17-7-1-2-7/h5-7,16H,1-4H2,(H,17,18). The zero-order chi connectivity index (χ0) is 13.1. The number of hydrogen-bond acceptors (Lipinski definition) is 2. The first kappa shape index (κ1) is 12.7. The predicted octanol–water partition coefficient (Wildman–Crippen LogP) is 2.18. The molecular weight excluding hydrogens is 245 g/mol. The normalized spacial score (nSPS) is 14.4. The van der Waals surface area contributed by atoms with Gasteiger partial charge in [-0.1, -0.05) is 0 Å². The fraction of sp³-hybridized carbons (Fsp3) is 0.417. The average molecular weight is 258 g/mol. The summed E-state index contributed by atoms with van der Waals surface area (Å²) in [5.74, 6) is -3.37. The van der Waals surface area contributed by atoms with Crippen molar-refractivity contribution in [3.05, 3.63) is 29.6 Å². The third-order valence-corrected chi connectivity index (χ3v) is 2.62. The number of amides is 1. The molecule has 0 radical (unpaired) electrons. The summed E-state index contributed by atoms with van der Waals surface area (Å²) < 4.78 is 38.7. The molecule has 1 saturated carbocycles. The van der Waals surface area contributed by atoms with Crippen molar-refractivity contribution in [2.24, 2.45) is 0 Å². The molecule has 1 aliphatic carbocycles. The van der Waals surface area contributed by atoms with Gasteiger partial charge in [-0.3, -0.25) is 4.79 Å². The Morgan fingerprint density at radius 1 is 1.17 bits per heavy atom. The third-order valence-electron chi connectivity index (χ3n) is 2.62. The van der Waals surface area contributed by atoms with Gasteiger partial charge in [0.1, 0.15) is 5.82 Å². The molecule has 1 aliphatic rings. The highest BCUT2D eigenvalue weighted by Crippen LogP contribution is 2.19. The largest absolute Gasteiger partial charge is 0.382 e. The third kappa shape index (κ3) is 3.38. The van der Waals surface area contributed by atoms with E-state index in [-0.39, 0.29) is 30.6 Å². The Morgan fingerprint density at radius 2 is 1.83 bits per heavy atom. The number of benzene rings is 1. The van der Waals surface area contributed by atoms with Crippen LogP contribution in [0.2, 0.25) is 0 Å². The van der Waals surface area contributed by atoms with Gasteiger partial charge in [-0.15, -0.1) is 0 Å². The maximum atomic E-state index is 13.2. The van der Waals surface area contributed by atoms with Crippen molar-refractivity contribution in [3.8, 4) is 0 Å². The summed E-state index contributed by atoms with van der Waals surface area (Å²) in [6.45, 7) is 0.167. The Bertz CT molecular complexity index is 461. The number of carbonyl (C=O) groups excluding carboxylic acids is 1. The molecule has 0 heterocycles. The molecule has 0 aliphatic heterocycles. The van der Waals surface area contributed by atoms with Crippen LogP contribution in [0.15, 0.2) is 12.1 Å². The number of nitrogens with one attached hydrogen (secondary N) is 2. The number of carbonyl (C=O) groups is 1. The van der Waals surface area contributed by atoms with Crippen LogP contribution < -0.4 is 10.6 Å². The van der Waals surface area contributed by atoms with E-state index in [1.807, 2.05) is 0 Å². The maximum absolute atomic E-state index is 13.2. The Morgan fingerprint density at radius 3 is 2.50 bits per heavy atom. The number of rotatable bonds is 5. The van der Waals surface area contributed by atoms with Gasteiger partial charge in [0, 0.05) is 31.1 Å². The monoisotopic (exact) mass is 258 g/mol. The van der Waals surface area contributed by atoms with Gasteiger partial charge < -0.3 is 10.6 Å². The van der Waals surface area contributed by atoms with Gasteiger partial charge in [-0.2, -0.15) is 0 Å². The molecule has 1 aromatic carbocycles. The molecule has 0 aromatic heterocycles. The summed E-state index contributed by atoms with van der Waals surface area (Å²) in [5, 5.41) is 5.33. The van der Waals surface area contributed by atoms with Gasteiger partial charge in [0.05, 0.1) is 5.69 Å². The lowest BCUT2D eigenvalue weighted by atomic mass is 10.2. The van der Waals surface area contributed by atoms with Gasteiger partial charge in [-0.05, 0) is 12.8 Å². The second-order valence-electron chi connectivity index (χ2n) is 4.26. The van der Waals surface area contributed by atoms with Crippen LogP contribution in [0.3, 0.4) is 0 Å². The molecule has 2 rings (SSSR count). The van der Waals surface area contributed by atoms with Crippen LogP contribution in [0, 0.1) is 17.5 Å². The molecule has 1 fully saturated rings.